The van der Waals surface area contributed by atoms with Crippen molar-refractivity contribution in [2.75, 3.05) is 13.1 Å². The predicted octanol–water partition coefficient (Wildman–Crippen LogP) is 1.70. The lowest BCUT2D eigenvalue weighted by Crippen LogP contribution is -2.56. The Morgan fingerprint density at radius 2 is 1.87 bits per heavy atom. The van der Waals surface area contributed by atoms with Crippen molar-refractivity contribution in [1.82, 2.24) is 10.6 Å². The molecule has 80 valence electrons. The van der Waals surface area contributed by atoms with Crippen LogP contribution in [-0.2, 0) is 0 Å². The normalized spacial score (nSPS) is 15.9. The second-order valence-electron chi connectivity index (χ2n) is 3.49. The van der Waals surface area contributed by atoms with Crippen molar-refractivity contribution in [2.45, 2.75) is 6.04 Å². The van der Waals surface area contributed by atoms with Gasteiger partial charge in [-0.3, -0.25) is 4.79 Å². The lowest BCUT2D eigenvalue weighted by atomic mass is 10.1. The Morgan fingerprint density at radius 1 is 1.27 bits per heavy atom. The second-order valence-corrected chi connectivity index (χ2v) is 4.36. The van der Waals surface area contributed by atoms with E-state index < -0.39 is 0 Å². The van der Waals surface area contributed by atoms with Crippen LogP contribution < -0.4 is 10.6 Å². The Kier molecular flexibility index (Phi) is 3.14. The lowest BCUT2D eigenvalue weighted by Gasteiger charge is -2.27. The highest BCUT2D eigenvalue weighted by atomic mass is 35.5. The maximum Gasteiger partial charge on any atom is 0.251 e. The molecule has 1 saturated heterocycles. The minimum absolute atomic E-state index is 0.133. The van der Waals surface area contributed by atoms with E-state index in [0.29, 0.717) is 15.6 Å². The molecule has 0 unspecified atom stereocenters. The number of halogens is 2. The number of benzene rings is 1. The van der Waals surface area contributed by atoms with Gasteiger partial charge in [0.2, 0.25) is 0 Å². The van der Waals surface area contributed by atoms with E-state index >= 15 is 0 Å². The first kappa shape index (κ1) is 10.7. The fourth-order valence-electron chi connectivity index (χ4n) is 1.34. The van der Waals surface area contributed by atoms with E-state index in [0.717, 1.165) is 13.1 Å². The molecule has 15 heavy (non-hydrogen) atoms. The van der Waals surface area contributed by atoms with Gasteiger partial charge in [-0.15, -0.1) is 0 Å². The first-order chi connectivity index (χ1) is 7.15. The molecule has 0 atom stereocenters. The Hall–Kier alpha value is -0.770. The van der Waals surface area contributed by atoms with Gasteiger partial charge in [-0.1, -0.05) is 23.2 Å². The summed E-state index contributed by atoms with van der Waals surface area (Å²) < 4.78 is 0. The molecule has 1 aromatic carbocycles. The van der Waals surface area contributed by atoms with Crippen molar-refractivity contribution in [3.8, 4) is 0 Å². The van der Waals surface area contributed by atoms with Crippen molar-refractivity contribution < 1.29 is 4.79 Å². The molecule has 5 heteroatoms. The Bertz CT molecular complexity index is 371. The largest absolute Gasteiger partial charge is 0.347 e. The number of carbonyl (C=O) groups excluding carboxylic acids is 1. The smallest absolute Gasteiger partial charge is 0.251 e. The minimum atomic E-state index is -0.133. The van der Waals surface area contributed by atoms with Crippen LogP contribution >= 0.6 is 23.2 Å². The summed E-state index contributed by atoms with van der Waals surface area (Å²) in [6.45, 7) is 1.64. The van der Waals surface area contributed by atoms with Crippen LogP contribution in [0.3, 0.4) is 0 Å². The summed E-state index contributed by atoms with van der Waals surface area (Å²) in [5.41, 5.74) is 0.499. The maximum absolute atomic E-state index is 11.7. The molecule has 1 aliphatic heterocycles. The molecule has 1 heterocycles. The highest BCUT2D eigenvalue weighted by Gasteiger charge is 2.19. The van der Waals surface area contributed by atoms with Gasteiger partial charge < -0.3 is 10.6 Å². The molecule has 2 rings (SSSR count). The van der Waals surface area contributed by atoms with E-state index in [1.807, 2.05) is 0 Å². The fraction of sp³-hybridized carbons (Fsp3) is 0.300. The summed E-state index contributed by atoms with van der Waals surface area (Å²) in [6.07, 6.45) is 0. The van der Waals surface area contributed by atoms with E-state index in [2.05, 4.69) is 10.6 Å². The van der Waals surface area contributed by atoms with Crippen molar-refractivity contribution in [2.24, 2.45) is 0 Å². The van der Waals surface area contributed by atoms with Gasteiger partial charge in [-0.05, 0) is 18.2 Å². The van der Waals surface area contributed by atoms with Gasteiger partial charge in [0.25, 0.3) is 5.91 Å². The average molecular weight is 245 g/mol. The number of hydrogen-bond acceptors (Lipinski definition) is 2. The van der Waals surface area contributed by atoms with Crippen LogP contribution in [0, 0.1) is 0 Å². The van der Waals surface area contributed by atoms with Gasteiger partial charge >= 0.3 is 0 Å². The van der Waals surface area contributed by atoms with Crippen LogP contribution in [0.4, 0.5) is 0 Å². The van der Waals surface area contributed by atoms with Gasteiger partial charge in [-0.2, -0.15) is 0 Å². The monoisotopic (exact) mass is 244 g/mol. The zero-order chi connectivity index (χ0) is 10.8. The van der Waals surface area contributed by atoms with E-state index in [-0.39, 0.29) is 11.9 Å². The highest BCUT2D eigenvalue weighted by molar-refractivity contribution is 6.35. The Labute approximate surface area is 97.8 Å². The topological polar surface area (TPSA) is 41.1 Å². The molecule has 1 fully saturated rings. The lowest BCUT2D eigenvalue weighted by molar-refractivity contribution is 0.0924. The minimum Gasteiger partial charge on any atom is -0.347 e. The SMILES string of the molecule is O=C(NC1CNC1)c1cc(Cl)cc(Cl)c1. The van der Waals surface area contributed by atoms with Crippen molar-refractivity contribution >= 4 is 29.1 Å². The van der Waals surface area contributed by atoms with Crippen molar-refractivity contribution in [3.63, 3.8) is 0 Å². The summed E-state index contributed by atoms with van der Waals surface area (Å²) in [7, 11) is 0. The van der Waals surface area contributed by atoms with Crippen LogP contribution in [0.1, 0.15) is 10.4 Å². The summed E-state index contributed by atoms with van der Waals surface area (Å²) in [4.78, 5) is 11.7. The number of hydrogen-bond donors (Lipinski definition) is 2. The van der Waals surface area contributed by atoms with Gasteiger partial charge in [0, 0.05) is 28.7 Å². The van der Waals surface area contributed by atoms with Gasteiger partial charge in [0.05, 0.1) is 6.04 Å². The van der Waals surface area contributed by atoms with Crippen molar-refractivity contribution in [3.05, 3.63) is 33.8 Å². The first-order valence-electron chi connectivity index (χ1n) is 4.63. The third-order valence-electron chi connectivity index (χ3n) is 2.24. The molecule has 2 N–H and O–H groups in total. The molecule has 0 bridgehead atoms. The molecule has 0 aliphatic carbocycles. The quantitative estimate of drug-likeness (QED) is 0.832. The second kappa shape index (κ2) is 4.39. The van der Waals surface area contributed by atoms with E-state index in [9.17, 15) is 4.79 Å². The number of amides is 1. The highest BCUT2D eigenvalue weighted by Crippen LogP contribution is 2.19. The summed E-state index contributed by atoms with van der Waals surface area (Å²) in [5, 5.41) is 6.89. The van der Waals surface area contributed by atoms with Gasteiger partial charge in [0.1, 0.15) is 0 Å². The molecule has 0 radical (unpaired) electrons. The molecular formula is C10H10Cl2N2O. The van der Waals surface area contributed by atoms with E-state index in [4.69, 9.17) is 23.2 Å². The van der Waals surface area contributed by atoms with Crippen LogP contribution in [0.5, 0.6) is 0 Å². The van der Waals surface area contributed by atoms with Crippen LogP contribution in [0.25, 0.3) is 0 Å². The Balaban J connectivity index is 2.10. The molecule has 1 aliphatic rings. The molecule has 1 amide bonds. The summed E-state index contributed by atoms with van der Waals surface area (Å²) in [5.74, 6) is -0.133. The average Bonchev–Trinajstić information content (AvgIpc) is 2.09. The maximum atomic E-state index is 11.7. The molecule has 0 aromatic heterocycles. The fourth-order valence-corrected chi connectivity index (χ4v) is 1.87. The van der Waals surface area contributed by atoms with Crippen LogP contribution in [0.15, 0.2) is 18.2 Å². The van der Waals surface area contributed by atoms with Crippen LogP contribution in [-0.4, -0.2) is 25.0 Å². The third kappa shape index (κ3) is 2.62. The van der Waals surface area contributed by atoms with Crippen molar-refractivity contribution in [1.29, 1.82) is 0 Å². The molecule has 0 saturated carbocycles. The summed E-state index contributed by atoms with van der Waals surface area (Å²) in [6, 6.07) is 5.03. The molecule has 3 nitrogen and oxygen atoms in total. The first-order valence-corrected chi connectivity index (χ1v) is 5.38. The zero-order valence-electron chi connectivity index (χ0n) is 7.89. The molecule has 1 aromatic rings. The summed E-state index contributed by atoms with van der Waals surface area (Å²) >= 11 is 11.6. The standard InChI is InChI=1S/C10H10Cl2N2O/c11-7-1-6(2-8(12)3-7)10(15)14-9-4-13-5-9/h1-3,9,13H,4-5H2,(H,14,15). The number of carbonyl (C=O) groups is 1. The molecular weight excluding hydrogens is 235 g/mol. The van der Waals surface area contributed by atoms with E-state index in [1.54, 1.807) is 18.2 Å². The third-order valence-corrected chi connectivity index (χ3v) is 2.68. The van der Waals surface area contributed by atoms with E-state index in [1.165, 1.54) is 0 Å². The predicted molar refractivity (Wildman–Crippen MR) is 60.6 cm³/mol. The van der Waals surface area contributed by atoms with Gasteiger partial charge in [0.15, 0.2) is 0 Å². The van der Waals surface area contributed by atoms with Crippen LogP contribution in [0.2, 0.25) is 10.0 Å². The molecule has 0 spiro atoms. The number of nitrogens with one attached hydrogen (secondary N) is 2. The van der Waals surface area contributed by atoms with Gasteiger partial charge in [-0.25, -0.2) is 0 Å². The Morgan fingerprint density at radius 3 is 2.33 bits per heavy atom. The zero-order valence-corrected chi connectivity index (χ0v) is 9.40. The number of rotatable bonds is 2.